The van der Waals surface area contributed by atoms with Gasteiger partial charge in [-0.3, -0.25) is 4.79 Å². The van der Waals surface area contributed by atoms with Crippen molar-refractivity contribution in [3.05, 3.63) is 89.0 Å². The number of methoxy groups -OCH3 is 2. The van der Waals surface area contributed by atoms with Crippen LogP contribution in [0, 0.1) is 6.92 Å². The lowest BCUT2D eigenvalue weighted by atomic mass is 9.97. The molecule has 158 valence electrons. The minimum absolute atomic E-state index is 0.136. The van der Waals surface area contributed by atoms with E-state index in [0.717, 1.165) is 11.1 Å². The van der Waals surface area contributed by atoms with E-state index in [1.54, 1.807) is 44.6 Å². The number of aromatic hydroxyl groups is 1. The normalized spacial score (nSPS) is 15.5. The molecule has 0 spiro atoms. The quantitative estimate of drug-likeness (QED) is 0.654. The SMILES string of the molecule is COc1ccc([C@@H]2CC(c3ccccc3O)=NN2C(=O)c2ccc(C)cc2)cc1OC. The van der Waals surface area contributed by atoms with Crippen molar-refractivity contribution in [1.29, 1.82) is 0 Å². The fourth-order valence-electron chi connectivity index (χ4n) is 3.73. The first-order chi connectivity index (χ1) is 15.0. The molecule has 1 atom stereocenters. The summed E-state index contributed by atoms with van der Waals surface area (Å²) in [7, 11) is 3.16. The molecule has 0 bridgehead atoms. The summed E-state index contributed by atoms with van der Waals surface area (Å²) in [4.78, 5) is 13.4. The minimum Gasteiger partial charge on any atom is -0.507 e. The second-order valence-corrected chi connectivity index (χ2v) is 7.41. The molecule has 0 saturated carbocycles. The van der Waals surface area contributed by atoms with Crippen LogP contribution in [-0.2, 0) is 0 Å². The summed E-state index contributed by atoms with van der Waals surface area (Å²) >= 11 is 0. The molecule has 0 fully saturated rings. The second-order valence-electron chi connectivity index (χ2n) is 7.41. The summed E-state index contributed by atoms with van der Waals surface area (Å²) in [5, 5.41) is 16.5. The lowest BCUT2D eigenvalue weighted by molar-refractivity contribution is 0.0711. The summed E-state index contributed by atoms with van der Waals surface area (Å²) in [6, 6.07) is 19.7. The third-order valence-electron chi connectivity index (χ3n) is 5.42. The molecule has 1 heterocycles. The van der Waals surface area contributed by atoms with Crippen LogP contribution in [0.15, 0.2) is 71.8 Å². The number of phenolic OH excluding ortho intramolecular Hbond substituents is 1. The fourth-order valence-corrected chi connectivity index (χ4v) is 3.73. The van der Waals surface area contributed by atoms with E-state index in [2.05, 4.69) is 5.10 Å². The highest BCUT2D eigenvalue weighted by Crippen LogP contribution is 2.39. The maximum atomic E-state index is 13.4. The van der Waals surface area contributed by atoms with Crippen LogP contribution in [-0.4, -0.2) is 36.0 Å². The Balaban J connectivity index is 1.77. The van der Waals surface area contributed by atoms with Crippen molar-refractivity contribution in [3.8, 4) is 17.2 Å². The molecule has 0 aliphatic carbocycles. The van der Waals surface area contributed by atoms with Gasteiger partial charge in [-0.2, -0.15) is 5.10 Å². The Morgan fingerprint density at radius 1 is 1.00 bits per heavy atom. The zero-order chi connectivity index (χ0) is 22.0. The maximum Gasteiger partial charge on any atom is 0.274 e. The first-order valence-corrected chi connectivity index (χ1v) is 10.00. The van der Waals surface area contributed by atoms with Gasteiger partial charge >= 0.3 is 0 Å². The van der Waals surface area contributed by atoms with Crippen LogP contribution in [0.2, 0.25) is 0 Å². The van der Waals surface area contributed by atoms with Gasteiger partial charge in [0.1, 0.15) is 5.75 Å². The van der Waals surface area contributed by atoms with Crippen molar-refractivity contribution in [2.45, 2.75) is 19.4 Å². The van der Waals surface area contributed by atoms with Crippen LogP contribution in [0.25, 0.3) is 0 Å². The molecule has 1 aliphatic rings. The van der Waals surface area contributed by atoms with Crippen molar-refractivity contribution in [2.24, 2.45) is 5.10 Å². The molecule has 0 aromatic heterocycles. The molecule has 6 nitrogen and oxygen atoms in total. The van der Waals surface area contributed by atoms with Crippen molar-refractivity contribution >= 4 is 11.6 Å². The average Bonchev–Trinajstić information content (AvgIpc) is 3.24. The van der Waals surface area contributed by atoms with Gasteiger partial charge in [0.2, 0.25) is 0 Å². The van der Waals surface area contributed by atoms with Gasteiger partial charge in [0, 0.05) is 17.5 Å². The number of para-hydroxylation sites is 1. The number of aryl methyl sites for hydroxylation is 1. The number of amides is 1. The number of phenols is 1. The van der Waals surface area contributed by atoms with E-state index in [-0.39, 0.29) is 17.7 Å². The molecule has 4 rings (SSSR count). The smallest absolute Gasteiger partial charge is 0.274 e. The van der Waals surface area contributed by atoms with Gasteiger partial charge in [-0.25, -0.2) is 5.01 Å². The van der Waals surface area contributed by atoms with Gasteiger partial charge in [-0.1, -0.05) is 35.9 Å². The Morgan fingerprint density at radius 3 is 2.39 bits per heavy atom. The van der Waals surface area contributed by atoms with E-state index >= 15 is 0 Å². The van der Waals surface area contributed by atoms with Gasteiger partial charge in [-0.05, 0) is 48.9 Å². The third-order valence-corrected chi connectivity index (χ3v) is 5.42. The van der Waals surface area contributed by atoms with Gasteiger partial charge < -0.3 is 14.6 Å². The minimum atomic E-state index is -0.344. The predicted molar refractivity (Wildman–Crippen MR) is 119 cm³/mol. The molecular formula is C25H24N2O4. The highest BCUT2D eigenvalue weighted by molar-refractivity contribution is 6.06. The molecule has 31 heavy (non-hydrogen) atoms. The lowest BCUT2D eigenvalue weighted by Crippen LogP contribution is -2.27. The zero-order valence-electron chi connectivity index (χ0n) is 17.7. The summed E-state index contributed by atoms with van der Waals surface area (Å²) in [6.45, 7) is 1.98. The summed E-state index contributed by atoms with van der Waals surface area (Å²) < 4.78 is 10.8. The van der Waals surface area contributed by atoms with E-state index in [0.29, 0.717) is 34.8 Å². The third kappa shape index (κ3) is 3.97. The lowest BCUT2D eigenvalue weighted by Gasteiger charge is -2.23. The van der Waals surface area contributed by atoms with Gasteiger partial charge in [0.15, 0.2) is 11.5 Å². The van der Waals surface area contributed by atoms with E-state index in [1.165, 1.54) is 5.01 Å². The fraction of sp³-hybridized carbons (Fsp3) is 0.200. The molecule has 1 N–H and O–H groups in total. The molecule has 0 unspecified atom stereocenters. The first kappa shape index (κ1) is 20.5. The van der Waals surface area contributed by atoms with Gasteiger partial charge in [0.05, 0.1) is 26.0 Å². The topological polar surface area (TPSA) is 71.4 Å². The predicted octanol–water partition coefficient (Wildman–Crippen LogP) is 4.71. The Bertz CT molecular complexity index is 1140. The molecule has 0 radical (unpaired) electrons. The first-order valence-electron chi connectivity index (χ1n) is 10.00. The molecule has 1 amide bonds. The molecule has 1 aliphatic heterocycles. The number of ether oxygens (including phenoxy) is 2. The van der Waals surface area contributed by atoms with E-state index < -0.39 is 0 Å². The number of hydrogen-bond donors (Lipinski definition) is 1. The number of benzene rings is 3. The van der Waals surface area contributed by atoms with Crippen LogP contribution < -0.4 is 9.47 Å². The van der Waals surface area contributed by atoms with E-state index in [4.69, 9.17) is 9.47 Å². The molecule has 3 aromatic rings. The number of hydrazone groups is 1. The Hall–Kier alpha value is -3.80. The number of hydrogen-bond acceptors (Lipinski definition) is 5. The standard InChI is InChI=1S/C25H24N2O4/c1-16-8-10-17(11-9-16)25(29)27-21(18-12-13-23(30-2)24(14-18)31-3)15-20(26-27)19-6-4-5-7-22(19)28/h4-14,21,28H,15H2,1-3H3/t21-/m0/s1. The Labute approximate surface area is 181 Å². The van der Waals surface area contributed by atoms with Gasteiger partial charge in [0.25, 0.3) is 5.91 Å². The number of nitrogens with zero attached hydrogens (tertiary/aromatic N) is 2. The molecular weight excluding hydrogens is 392 g/mol. The van der Waals surface area contributed by atoms with Gasteiger partial charge in [-0.15, -0.1) is 0 Å². The number of carbonyl (C=O) groups excluding carboxylic acids is 1. The zero-order valence-corrected chi connectivity index (χ0v) is 17.7. The summed E-state index contributed by atoms with van der Waals surface area (Å²) in [5.74, 6) is 1.13. The van der Waals surface area contributed by atoms with Crippen LogP contribution in [0.1, 0.15) is 39.5 Å². The molecule has 0 saturated heterocycles. The number of carbonyl (C=O) groups is 1. The highest BCUT2D eigenvalue weighted by Gasteiger charge is 2.34. The van der Waals surface area contributed by atoms with Crippen molar-refractivity contribution in [2.75, 3.05) is 14.2 Å². The highest BCUT2D eigenvalue weighted by atomic mass is 16.5. The summed E-state index contributed by atoms with van der Waals surface area (Å²) in [6.07, 6.45) is 0.463. The molecule has 3 aromatic carbocycles. The average molecular weight is 416 g/mol. The molecule has 6 heteroatoms. The second kappa shape index (κ2) is 8.52. The monoisotopic (exact) mass is 416 g/mol. The maximum absolute atomic E-state index is 13.4. The van der Waals surface area contributed by atoms with Crippen LogP contribution in [0.3, 0.4) is 0 Å². The van der Waals surface area contributed by atoms with Crippen LogP contribution in [0.4, 0.5) is 0 Å². The van der Waals surface area contributed by atoms with Crippen molar-refractivity contribution in [3.63, 3.8) is 0 Å². The largest absolute Gasteiger partial charge is 0.507 e. The van der Waals surface area contributed by atoms with E-state index in [9.17, 15) is 9.90 Å². The van der Waals surface area contributed by atoms with E-state index in [1.807, 2.05) is 43.3 Å². The van der Waals surface area contributed by atoms with Crippen molar-refractivity contribution in [1.82, 2.24) is 5.01 Å². The van der Waals surface area contributed by atoms with Crippen molar-refractivity contribution < 1.29 is 19.4 Å². The van der Waals surface area contributed by atoms with Crippen LogP contribution >= 0.6 is 0 Å². The summed E-state index contributed by atoms with van der Waals surface area (Å²) in [5.41, 5.74) is 3.77. The Morgan fingerprint density at radius 2 is 1.71 bits per heavy atom. The van der Waals surface area contributed by atoms with Crippen LogP contribution in [0.5, 0.6) is 17.2 Å². The Kier molecular flexibility index (Phi) is 5.62. The number of rotatable bonds is 5.